The summed E-state index contributed by atoms with van der Waals surface area (Å²) in [7, 11) is 0. The van der Waals surface area contributed by atoms with Crippen LogP contribution in [0.25, 0.3) is 0 Å². The van der Waals surface area contributed by atoms with E-state index in [2.05, 4.69) is 0 Å². The minimum atomic E-state index is -0.0139. The molecule has 0 N–H and O–H groups in total. The predicted molar refractivity (Wildman–Crippen MR) is 292 cm³/mol. The predicted octanol–water partition coefficient (Wildman–Crippen LogP) is 4.71. The van der Waals surface area contributed by atoms with Gasteiger partial charge in [-0.15, -0.1) is 79.3 Å². The molecule has 0 aromatic carbocycles. The number of hydrogen-bond donors (Lipinski definition) is 0. The third kappa shape index (κ3) is 288. The second-order valence-corrected chi connectivity index (χ2v) is 32.5. The Bertz CT molecular complexity index is 728. The molecule has 0 aromatic rings. The monoisotopic (exact) mass is 1720 g/mol. The summed E-state index contributed by atoms with van der Waals surface area (Å²) in [6.45, 7) is 69.8. The Morgan fingerprint density at radius 3 is 0.132 bits per heavy atom. The van der Waals surface area contributed by atoms with Crippen molar-refractivity contribution in [1.82, 2.24) is 0 Å². The normalized spacial score (nSPS) is 11.4. The molecule has 0 bridgehead atoms. The molecule has 0 saturated heterocycles. The van der Waals surface area contributed by atoms with Crippen LogP contribution in [0.4, 0.5) is 0 Å². The molecule has 496 valence electrons. The van der Waals surface area contributed by atoms with Gasteiger partial charge in [0.2, 0.25) is 0 Å². The van der Waals surface area contributed by atoms with Gasteiger partial charge in [-0.2, -0.15) is 0 Å². The molecule has 0 rings (SSSR count). The Balaban J connectivity index is -0.0000000367. The zero-order valence-corrected chi connectivity index (χ0v) is 63.6. The van der Waals surface area contributed by atoms with Crippen LogP contribution >= 0.6 is 0 Å². The van der Waals surface area contributed by atoms with Crippen LogP contribution in [0.2, 0.25) is 0 Å². The van der Waals surface area contributed by atoms with Crippen LogP contribution in [0.15, 0.2) is 0 Å². The molecule has 0 saturated carbocycles. The van der Waals surface area contributed by atoms with Crippen LogP contribution in [-0.2, 0) is 0 Å². The van der Waals surface area contributed by atoms with Crippen LogP contribution in [0.3, 0.4) is 0 Å². The standard InChI is InChI=1S/12C5H11O.4Tm/c12*1-5(2,3)4-6;;;;/h12*4H2,1-3H3;;;;/q12*-1;4*+3. The maximum Gasteiger partial charge on any atom is 3.00 e. The van der Waals surface area contributed by atoms with Crippen molar-refractivity contribution in [2.24, 2.45) is 65.0 Å². The maximum atomic E-state index is 9.95. The Hall–Kier alpha value is 4.46. The number of rotatable bonds is 0. The van der Waals surface area contributed by atoms with E-state index in [1.807, 2.05) is 249 Å². The van der Waals surface area contributed by atoms with Crippen molar-refractivity contribution < 1.29 is 209 Å². The Kier molecular flexibility index (Phi) is 101. The molecule has 0 heterocycles. The van der Waals surface area contributed by atoms with E-state index >= 15 is 0 Å². The molecule has 0 spiro atoms. The summed E-state index contributed by atoms with van der Waals surface area (Å²) in [5, 5.41) is 119. The smallest absolute Gasteiger partial charge is 0.854 e. The van der Waals surface area contributed by atoms with E-state index < -0.39 is 0 Å². The summed E-state index contributed by atoms with van der Waals surface area (Å²) in [5.41, 5.74) is -0.167. The molecule has 0 radical (unpaired) electrons. The zero-order chi connectivity index (χ0) is 62.5. The van der Waals surface area contributed by atoms with E-state index in [0.717, 1.165) is 0 Å². The summed E-state index contributed by atoms with van der Waals surface area (Å²) in [6, 6.07) is 0. The summed E-state index contributed by atoms with van der Waals surface area (Å²) >= 11 is 0. The molecule has 0 aliphatic rings. The van der Waals surface area contributed by atoms with Gasteiger partial charge >= 0.3 is 147 Å². The van der Waals surface area contributed by atoms with Gasteiger partial charge in [-0.3, -0.25) is 0 Å². The van der Waals surface area contributed by atoms with Gasteiger partial charge in [0.05, 0.1) is 0 Å². The second-order valence-electron chi connectivity index (χ2n) is 32.5. The molecule has 16 heteroatoms. The van der Waals surface area contributed by atoms with Gasteiger partial charge in [-0.1, -0.05) is 314 Å². The van der Waals surface area contributed by atoms with E-state index in [4.69, 9.17) is 0 Å². The first-order chi connectivity index (χ1) is 30.7. The van der Waals surface area contributed by atoms with Crippen LogP contribution in [-0.4, -0.2) is 79.3 Å². The molecule has 0 fully saturated rings. The fraction of sp³-hybridized carbons (Fsp3) is 1.00. The van der Waals surface area contributed by atoms with Crippen molar-refractivity contribution in [2.45, 2.75) is 249 Å². The molecule has 76 heavy (non-hydrogen) atoms. The second kappa shape index (κ2) is 62.5. The third-order valence-corrected chi connectivity index (χ3v) is 5.20. The maximum absolute atomic E-state index is 9.95. The van der Waals surface area contributed by atoms with Gasteiger partial charge in [-0.05, 0) is 0 Å². The summed E-state index contributed by atoms with van der Waals surface area (Å²) < 4.78 is 0. The van der Waals surface area contributed by atoms with Gasteiger partial charge < -0.3 is 61.3 Å². The Labute approximate surface area is 594 Å². The summed E-state index contributed by atoms with van der Waals surface area (Å²) in [4.78, 5) is 0. The van der Waals surface area contributed by atoms with Gasteiger partial charge in [0.15, 0.2) is 0 Å². The first kappa shape index (κ1) is 122. The third-order valence-electron chi connectivity index (χ3n) is 5.20. The van der Waals surface area contributed by atoms with E-state index in [1.54, 1.807) is 0 Å². The largest absolute Gasteiger partial charge is 3.00 e. The zero-order valence-electron chi connectivity index (χ0n) is 56.5. The molecule has 0 aromatic heterocycles. The Morgan fingerprint density at radius 2 is 0.132 bits per heavy atom. The van der Waals surface area contributed by atoms with Crippen LogP contribution in [0.1, 0.15) is 249 Å². The molecule has 0 amide bonds. The summed E-state index contributed by atoms with van der Waals surface area (Å²) in [5.74, 6) is 0. The van der Waals surface area contributed by atoms with Crippen molar-refractivity contribution in [2.75, 3.05) is 79.3 Å². The SMILES string of the molecule is CC(C)(C)C[O-].CC(C)(C)C[O-].CC(C)(C)C[O-].CC(C)(C)C[O-].CC(C)(C)C[O-].CC(C)(C)C[O-].CC(C)(C)C[O-].CC(C)(C)C[O-].CC(C)(C)C[O-].CC(C)(C)C[O-].CC(C)(C)C[O-].CC(C)(C)C[O-].[Tm+3].[Tm+3].[Tm+3].[Tm+3]. The van der Waals surface area contributed by atoms with Gasteiger partial charge in [-0.25, -0.2) is 0 Å². The van der Waals surface area contributed by atoms with E-state index in [9.17, 15) is 61.3 Å². The molecule has 0 aliphatic carbocycles. The molecule has 0 unspecified atom stereocenters. The number of hydrogen-bond acceptors (Lipinski definition) is 12. The fourth-order valence-electron chi connectivity index (χ4n) is 0. The van der Waals surface area contributed by atoms with Crippen LogP contribution < -0.4 is 61.3 Å². The van der Waals surface area contributed by atoms with E-state index in [-0.39, 0.29) is 292 Å². The first-order valence-corrected chi connectivity index (χ1v) is 25.7. The minimum absolute atomic E-state index is 0. The quantitative estimate of drug-likeness (QED) is 0.319. The van der Waals surface area contributed by atoms with Gasteiger partial charge in [0.25, 0.3) is 0 Å². The van der Waals surface area contributed by atoms with Crippen molar-refractivity contribution in [1.29, 1.82) is 0 Å². The molecule has 0 aliphatic heterocycles. The molecule has 12 nitrogen and oxygen atoms in total. The Morgan fingerprint density at radius 1 is 0.118 bits per heavy atom. The minimum Gasteiger partial charge on any atom is -0.854 e. The van der Waals surface area contributed by atoms with E-state index in [1.165, 1.54) is 0 Å². The first-order valence-electron chi connectivity index (χ1n) is 25.7. The van der Waals surface area contributed by atoms with Crippen LogP contribution in [0, 0.1) is 212 Å². The van der Waals surface area contributed by atoms with Crippen molar-refractivity contribution >= 4 is 0 Å². The van der Waals surface area contributed by atoms with Gasteiger partial charge in [0.1, 0.15) is 0 Å². The molecular formula is C60H132O12Tm4. The van der Waals surface area contributed by atoms with Gasteiger partial charge in [0, 0.05) is 0 Å². The van der Waals surface area contributed by atoms with Crippen molar-refractivity contribution in [3.63, 3.8) is 0 Å². The van der Waals surface area contributed by atoms with Crippen molar-refractivity contribution in [3.05, 3.63) is 0 Å². The molecule has 0 atom stereocenters. The molecular weight excluding hydrogens is 1590 g/mol. The average molecular weight is 1720 g/mol. The topological polar surface area (TPSA) is 277 Å². The van der Waals surface area contributed by atoms with E-state index in [0.29, 0.717) is 0 Å². The van der Waals surface area contributed by atoms with Crippen molar-refractivity contribution in [3.8, 4) is 0 Å². The fourth-order valence-corrected chi connectivity index (χ4v) is 0. The summed E-state index contributed by atoms with van der Waals surface area (Å²) in [6.07, 6.45) is 0. The average Bonchev–Trinajstić information content (AvgIpc) is 3.17. The van der Waals surface area contributed by atoms with Crippen LogP contribution in [0.5, 0.6) is 0 Å².